The smallest absolute Gasteiger partial charge is 0.270 e. The van der Waals surface area contributed by atoms with Gasteiger partial charge in [-0.15, -0.1) is 0 Å². The number of nitrogens with zero attached hydrogens (tertiary/aromatic N) is 1. The highest BCUT2D eigenvalue weighted by atomic mass is 16.5. The number of rotatable bonds is 3. The summed E-state index contributed by atoms with van der Waals surface area (Å²) in [5.41, 5.74) is 7.10. The first-order valence-corrected chi connectivity index (χ1v) is 6.72. The van der Waals surface area contributed by atoms with Crippen molar-refractivity contribution in [1.29, 1.82) is 0 Å². The minimum atomic E-state index is -0.839. The SMILES string of the molecule is CCC(N)CN1C(=O)C(C)(C)Oc2cc(C)ccc21. The van der Waals surface area contributed by atoms with Gasteiger partial charge in [0, 0.05) is 12.6 Å². The second-order valence-corrected chi connectivity index (χ2v) is 5.67. The molecule has 0 spiro atoms. The summed E-state index contributed by atoms with van der Waals surface area (Å²) in [7, 11) is 0. The molecule has 2 rings (SSSR count). The van der Waals surface area contributed by atoms with Crippen molar-refractivity contribution in [2.24, 2.45) is 5.73 Å². The van der Waals surface area contributed by atoms with Gasteiger partial charge in [0.15, 0.2) is 5.60 Å². The highest BCUT2D eigenvalue weighted by Gasteiger charge is 2.41. The number of fused-ring (bicyclic) bond motifs is 1. The highest BCUT2D eigenvalue weighted by molar-refractivity contribution is 6.02. The van der Waals surface area contributed by atoms with Crippen molar-refractivity contribution in [1.82, 2.24) is 0 Å². The first-order valence-electron chi connectivity index (χ1n) is 6.72. The van der Waals surface area contributed by atoms with Gasteiger partial charge in [0.2, 0.25) is 0 Å². The summed E-state index contributed by atoms with van der Waals surface area (Å²) in [6, 6.07) is 5.86. The Morgan fingerprint density at radius 3 is 2.74 bits per heavy atom. The van der Waals surface area contributed by atoms with Crippen LogP contribution in [0.1, 0.15) is 32.8 Å². The lowest BCUT2D eigenvalue weighted by molar-refractivity contribution is -0.132. The van der Waals surface area contributed by atoms with Gasteiger partial charge in [-0.05, 0) is 44.9 Å². The molecule has 4 nitrogen and oxygen atoms in total. The first kappa shape index (κ1) is 13.9. The van der Waals surface area contributed by atoms with Gasteiger partial charge in [-0.1, -0.05) is 13.0 Å². The zero-order valence-electron chi connectivity index (χ0n) is 12.1. The minimum Gasteiger partial charge on any atom is -0.476 e. The molecule has 0 fully saturated rings. The molecule has 0 aromatic heterocycles. The summed E-state index contributed by atoms with van der Waals surface area (Å²) < 4.78 is 5.83. The molecule has 1 atom stereocenters. The van der Waals surface area contributed by atoms with Crippen LogP contribution in [0.25, 0.3) is 0 Å². The largest absolute Gasteiger partial charge is 0.476 e. The quantitative estimate of drug-likeness (QED) is 0.909. The van der Waals surface area contributed by atoms with E-state index in [1.165, 1.54) is 0 Å². The van der Waals surface area contributed by atoms with Gasteiger partial charge in [0.1, 0.15) is 5.75 Å². The molecule has 1 heterocycles. The van der Waals surface area contributed by atoms with Crippen molar-refractivity contribution in [2.45, 2.75) is 45.8 Å². The van der Waals surface area contributed by atoms with Crippen LogP contribution in [-0.2, 0) is 4.79 Å². The molecule has 1 amide bonds. The normalized spacial score (nSPS) is 18.8. The molecule has 4 heteroatoms. The molecule has 0 saturated heterocycles. The van der Waals surface area contributed by atoms with Crippen LogP contribution in [0.3, 0.4) is 0 Å². The highest BCUT2D eigenvalue weighted by Crippen LogP contribution is 2.38. The number of carbonyl (C=O) groups is 1. The van der Waals surface area contributed by atoms with Crippen LogP contribution in [0.5, 0.6) is 5.75 Å². The van der Waals surface area contributed by atoms with Gasteiger partial charge in [0.25, 0.3) is 5.91 Å². The number of carbonyl (C=O) groups excluding carboxylic acids is 1. The number of anilines is 1. The second kappa shape index (κ2) is 4.85. The average Bonchev–Trinajstić information content (AvgIpc) is 2.34. The van der Waals surface area contributed by atoms with E-state index in [0.717, 1.165) is 23.4 Å². The Labute approximate surface area is 114 Å². The maximum atomic E-state index is 12.5. The molecule has 1 aromatic carbocycles. The molecule has 1 aromatic rings. The van der Waals surface area contributed by atoms with E-state index >= 15 is 0 Å². The Bertz CT molecular complexity index is 497. The van der Waals surface area contributed by atoms with E-state index in [2.05, 4.69) is 0 Å². The van der Waals surface area contributed by atoms with E-state index in [0.29, 0.717) is 6.54 Å². The van der Waals surface area contributed by atoms with Gasteiger partial charge in [0.05, 0.1) is 5.69 Å². The van der Waals surface area contributed by atoms with Crippen LogP contribution in [0.15, 0.2) is 18.2 Å². The Kier molecular flexibility index (Phi) is 3.54. The molecule has 0 radical (unpaired) electrons. The van der Waals surface area contributed by atoms with E-state index in [9.17, 15) is 4.79 Å². The van der Waals surface area contributed by atoms with Crippen molar-refractivity contribution in [3.05, 3.63) is 23.8 Å². The van der Waals surface area contributed by atoms with E-state index in [1.54, 1.807) is 18.7 Å². The molecule has 1 unspecified atom stereocenters. The molecule has 1 aliphatic rings. The van der Waals surface area contributed by atoms with Crippen LogP contribution in [0.2, 0.25) is 0 Å². The monoisotopic (exact) mass is 262 g/mol. The standard InChI is InChI=1S/C15H22N2O2/c1-5-11(16)9-17-12-7-6-10(2)8-13(12)19-15(3,4)14(17)18/h6-8,11H,5,9,16H2,1-4H3. The molecule has 104 valence electrons. The van der Waals surface area contributed by atoms with Crippen LogP contribution < -0.4 is 15.4 Å². The third-order valence-electron chi connectivity index (χ3n) is 3.47. The third-order valence-corrected chi connectivity index (χ3v) is 3.47. The van der Waals surface area contributed by atoms with Gasteiger partial charge < -0.3 is 15.4 Å². The fourth-order valence-electron chi connectivity index (χ4n) is 2.22. The Morgan fingerprint density at radius 2 is 2.11 bits per heavy atom. The second-order valence-electron chi connectivity index (χ2n) is 5.67. The Morgan fingerprint density at radius 1 is 1.42 bits per heavy atom. The van der Waals surface area contributed by atoms with E-state index in [-0.39, 0.29) is 11.9 Å². The molecular weight excluding hydrogens is 240 g/mol. The molecule has 0 saturated carbocycles. The summed E-state index contributed by atoms with van der Waals surface area (Å²) in [4.78, 5) is 14.2. The predicted molar refractivity (Wildman–Crippen MR) is 76.5 cm³/mol. The Balaban J connectivity index is 2.43. The number of nitrogens with two attached hydrogens (primary N) is 1. The summed E-state index contributed by atoms with van der Waals surface area (Å²) in [6.45, 7) is 8.15. The van der Waals surface area contributed by atoms with Crippen molar-refractivity contribution >= 4 is 11.6 Å². The first-order chi connectivity index (χ1) is 8.85. The number of benzene rings is 1. The van der Waals surface area contributed by atoms with Gasteiger partial charge >= 0.3 is 0 Å². The maximum absolute atomic E-state index is 12.5. The molecule has 1 aliphatic heterocycles. The number of amides is 1. The minimum absolute atomic E-state index is 0.0213. The molecule has 0 bridgehead atoms. The van der Waals surface area contributed by atoms with Crippen molar-refractivity contribution in [2.75, 3.05) is 11.4 Å². The van der Waals surface area contributed by atoms with Crippen LogP contribution in [0, 0.1) is 6.92 Å². The fraction of sp³-hybridized carbons (Fsp3) is 0.533. The lowest BCUT2D eigenvalue weighted by atomic mass is 10.0. The predicted octanol–water partition coefficient (Wildman–Crippen LogP) is 2.24. The van der Waals surface area contributed by atoms with E-state index in [1.807, 2.05) is 32.0 Å². The summed E-state index contributed by atoms with van der Waals surface area (Å²) >= 11 is 0. The molecule has 2 N–H and O–H groups in total. The summed E-state index contributed by atoms with van der Waals surface area (Å²) in [5.74, 6) is 0.723. The number of aryl methyl sites for hydroxylation is 1. The number of hydrogen-bond donors (Lipinski definition) is 1. The Hall–Kier alpha value is -1.55. The van der Waals surface area contributed by atoms with Crippen molar-refractivity contribution in [3.63, 3.8) is 0 Å². The van der Waals surface area contributed by atoms with E-state index < -0.39 is 5.60 Å². The maximum Gasteiger partial charge on any atom is 0.270 e. The topological polar surface area (TPSA) is 55.6 Å². The van der Waals surface area contributed by atoms with Crippen molar-refractivity contribution in [3.8, 4) is 5.75 Å². The zero-order chi connectivity index (χ0) is 14.2. The number of hydrogen-bond acceptors (Lipinski definition) is 3. The summed E-state index contributed by atoms with van der Waals surface area (Å²) in [5, 5.41) is 0. The zero-order valence-corrected chi connectivity index (χ0v) is 12.1. The van der Waals surface area contributed by atoms with Crippen LogP contribution >= 0.6 is 0 Å². The lowest BCUT2D eigenvalue weighted by Gasteiger charge is -2.39. The van der Waals surface area contributed by atoms with E-state index in [4.69, 9.17) is 10.5 Å². The summed E-state index contributed by atoms with van der Waals surface area (Å²) in [6.07, 6.45) is 0.840. The molecule has 19 heavy (non-hydrogen) atoms. The fourth-order valence-corrected chi connectivity index (χ4v) is 2.22. The average molecular weight is 262 g/mol. The van der Waals surface area contributed by atoms with Crippen LogP contribution in [-0.4, -0.2) is 24.1 Å². The van der Waals surface area contributed by atoms with Crippen molar-refractivity contribution < 1.29 is 9.53 Å². The number of ether oxygens (including phenoxy) is 1. The molecular formula is C15H22N2O2. The third kappa shape index (κ3) is 2.59. The van der Waals surface area contributed by atoms with Gasteiger partial charge in [-0.2, -0.15) is 0 Å². The van der Waals surface area contributed by atoms with Gasteiger partial charge in [-0.3, -0.25) is 4.79 Å². The lowest BCUT2D eigenvalue weighted by Crippen LogP contribution is -2.55. The van der Waals surface area contributed by atoms with Crippen LogP contribution in [0.4, 0.5) is 5.69 Å². The van der Waals surface area contributed by atoms with Gasteiger partial charge in [-0.25, -0.2) is 0 Å². The molecule has 0 aliphatic carbocycles.